The third kappa shape index (κ3) is 5.39. The summed E-state index contributed by atoms with van der Waals surface area (Å²) in [6, 6.07) is 18.2. The molecule has 0 unspecified atom stereocenters. The minimum absolute atomic E-state index is 0. The quantitative estimate of drug-likeness (QED) is 0.166. The third-order valence-corrected chi connectivity index (χ3v) is 5.16. The maximum atomic E-state index is 10.0. The van der Waals surface area contributed by atoms with Crippen LogP contribution in [0.2, 0.25) is 0 Å². The van der Waals surface area contributed by atoms with E-state index < -0.39 is 0 Å². The molecule has 0 saturated carbocycles. The number of nitrogens with zero attached hydrogens (tertiary/aromatic N) is 1. The number of pyridine rings is 1. The SMILES string of the molecule is CC(=O)/C=C(/C)O.Cc1c[c-]c(-c2nc3ccccc3c3ccsc23)c(C)c1.[Ir]. The van der Waals surface area contributed by atoms with Crippen molar-refractivity contribution in [3.05, 3.63) is 76.9 Å². The van der Waals surface area contributed by atoms with Crippen molar-refractivity contribution in [2.75, 3.05) is 0 Å². The van der Waals surface area contributed by atoms with Gasteiger partial charge in [0.2, 0.25) is 0 Å². The molecule has 0 fully saturated rings. The zero-order chi connectivity index (χ0) is 20.3. The molecule has 2 aromatic heterocycles. The first-order valence-corrected chi connectivity index (χ1v) is 9.88. The van der Waals surface area contributed by atoms with Crippen molar-refractivity contribution in [2.45, 2.75) is 27.7 Å². The summed E-state index contributed by atoms with van der Waals surface area (Å²) in [5.74, 6) is -0.0625. The largest absolute Gasteiger partial charge is 0.512 e. The number of carbonyl (C=O) groups excluding carboxylic acids is 1. The summed E-state index contributed by atoms with van der Waals surface area (Å²) in [5, 5.41) is 13.0. The number of ketones is 1. The fourth-order valence-electron chi connectivity index (χ4n) is 3.15. The Hall–Kier alpha value is -2.33. The first-order valence-electron chi connectivity index (χ1n) is 9.00. The minimum Gasteiger partial charge on any atom is -0.512 e. The second-order valence-electron chi connectivity index (χ2n) is 6.77. The molecule has 0 saturated heterocycles. The number of rotatable bonds is 2. The Morgan fingerprint density at radius 1 is 1.14 bits per heavy atom. The molecule has 4 rings (SSSR count). The predicted octanol–water partition coefficient (Wildman–Crippen LogP) is 6.57. The number of allylic oxidation sites excluding steroid dienone is 2. The number of carbonyl (C=O) groups is 1. The standard InChI is InChI=1S/C19H14NS.C5H8O2.Ir/c1-12-7-8-14(13(2)11-12)18-19-16(9-10-21-19)15-5-3-4-6-17(15)20-18;1-4(6)3-5(2)7;/h3-7,9-11H,1-2H3;3,6H,1-2H3;/q-1;;/b;4-3-;. The van der Waals surface area contributed by atoms with Gasteiger partial charge in [-0.3, -0.25) is 9.78 Å². The number of thiophene rings is 1. The van der Waals surface area contributed by atoms with Gasteiger partial charge in [-0.2, -0.15) is 11.3 Å². The van der Waals surface area contributed by atoms with Gasteiger partial charge in [0.25, 0.3) is 0 Å². The van der Waals surface area contributed by atoms with Gasteiger partial charge in [-0.15, -0.1) is 34.9 Å². The molecule has 0 atom stereocenters. The molecule has 29 heavy (non-hydrogen) atoms. The van der Waals surface area contributed by atoms with E-state index in [1.54, 1.807) is 11.3 Å². The molecule has 1 radical (unpaired) electrons. The van der Waals surface area contributed by atoms with Crippen molar-refractivity contribution in [2.24, 2.45) is 0 Å². The van der Waals surface area contributed by atoms with E-state index in [0.29, 0.717) is 0 Å². The number of fused-ring (bicyclic) bond motifs is 3. The fraction of sp³-hybridized carbons (Fsp3) is 0.167. The van der Waals surface area contributed by atoms with Gasteiger partial charge in [-0.05, 0) is 36.7 Å². The van der Waals surface area contributed by atoms with Crippen LogP contribution in [-0.2, 0) is 24.9 Å². The van der Waals surface area contributed by atoms with Crippen LogP contribution in [0.1, 0.15) is 25.0 Å². The molecule has 151 valence electrons. The molecule has 0 aliphatic rings. The van der Waals surface area contributed by atoms with Crippen molar-refractivity contribution in [1.82, 2.24) is 4.98 Å². The molecular weight excluding hydrogens is 559 g/mol. The van der Waals surface area contributed by atoms with Crippen LogP contribution in [0.3, 0.4) is 0 Å². The van der Waals surface area contributed by atoms with E-state index in [2.05, 4.69) is 55.6 Å². The molecule has 0 spiro atoms. The van der Waals surface area contributed by atoms with Gasteiger partial charge >= 0.3 is 0 Å². The average Bonchev–Trinajstić information content (AvgIpc) is 3.11. The summed E-state index contributed by atoms with van der Waals surface area (Å²) < 4.78 is 1.25. The van der Waals surface area contributed by atoms with Crippen LogP contribution in [0.15, 0.2) is 59.7 Å². The van der Waals surface area contributed by atoms with E-state index in [9.17, 15) is 4.79 Å². The summed E-state index contributed by atoms with van der Waals surface area (Å²) >= 11 is 1.75. The molecule has 5 heteroatoms. The maximum absolute atomic E-state index is 10.0. The number of para-hydroxylation sites is 1. The van der Waals surface area contributed by atoms with Gasteiger partial charge in [-0.25, -0.2) is 0 Å². The van der Waals surface area contributed by atoms with Gasteiger partial charge in [0.1, 0.15) is 0 Å². The van der Waals surface area contributed by atoms with E-state index in [4.69, 9.17) is 10.1 Å². The van der Waals surface area contributed by atoms with Crippen LogP contribution in [0, 0.1) is 19.9 Å². The van der Waals surface area contributed by atoms with Crippen LogP contribution in [0.25, 0.3) is 32.2 Å². The van der Waals surface area contributed by atoms with Crippen LogP contribution in [0.4, 0.5) is 0 Å². The number of hydrogen-bond donors (Lipinski definition) is 1. The third-order valence-electron chi connectivity index (χ3n) is 4.24. The summed E-state index contributed by atoms with van der Waals surface area (Å²) in [4.78, 5) is 14.9. The maximum Gasteiger partial charge on any atom is 0.155 e. The summed E-state index contributed by atoms with van der Waals surface area (Å²) in [7, 11) is 0. The monoisotopic (exact) mass is 581 g/mol. The van der Waals surface area contributed by atoms with Gasteiger partial charge < -0.3 is 5.11 Å². The molecule has 2 heterocycles. The summed E-state index contributed by atoms with van der Waals surface area (Å²) in [6.45, 7) is 7.08. The Balaban J connectivity index is 0.000000327. The Morgan fingerprint density at radius 3 is 2.48 bits per heavy atom. The van der Waals surface area contributed by atoms with Crippen LogP contribution in [0.5, 0.6) is 0 Å². The Morgan fingerprint density at radius 2 is 1.86 bits per heavy atom. The first kappa shape index (κ1) is 23.0. The average molecular weight is 581 g/mol. The zero-order valence-corrected chi connectivity index (χ0v) is 20.0. The van der Waals surface area contributed by atoms with Crippen LogP contribution < -0.4 is 0 Å². The fourth-order valence-corrected chi connectivity index (χ4v) is 4.05. The van der Waals surface area contributed by atoms with Gasteiger partial charge in [0.15, 0.2) is 5.78 Å². The van der Waals surface area contributed by atoms with Crippen LogP contribution in [-0.4, -0.2) is 15.9 Å². The molecule has 0 amide bonds. The van der Waals surface area contributed by atoms with E-state index in [0.717, 1.165) is 16.8 Å². The minimum atomic E-state index is -0.125. The number of aryl methyl sites for hydroxylation is 2. The van der Waals surface area contributed by atoms with Crippen molar-refractivity contribution >= 4 is 38.1 Å². The van der Waals surface area contributed by atoms with Gasteiger partial charge in [-0.1, -0.05) is 32.0 Å². The predicted molar refractivity (Wildman–Crippen MR) is 118 cm³/mol. The van der Waals surface area contributed by atoms with Crippen molar-refractivity contribution < 1.29 is 30.0 Å². The van der Waals surface area contributed by atoms with E-state index >= 15 is 0 Å². The molecule has 1 N–H and O–H groups in total. The molecule has 0 aliphatic carbocycles. The van der Waals surface area contributed by atoms with E-state index in [-0.39, 0.29) is 31.6 Å². The number of aliphatic hydroxyl groups is 1. The van der Waals surface area contributed by atoms with E-state index in [1.165, 1.54) is 46.5 Å². The molecule has 3 nitrogen and oxygen atoms in total. The Bertz CT molecular complexity index is 1190. The van der Waals surface area contributed by atoms with Crippen molar-refractivity contribution in [3.8, 4) is 11.3 Å². The molecular formula is C24H22IrNO2S-. The number of aliphatic hydroxyl groups excluding tert-OH is 1. The molecule has 2 aromatic carbocycles. The molecule has 0 bridgehead atoms. The van der Waals surface area contributed by atoms with Crippen LogP contribution >= 0.6 is 11.3 Å². The smallest absolute Gasteiger partial charge is 0.155 e. The molecule has 4 aromatic rings. The van der Waals surface area contributed by atoms with Crippen molar-refractivity contribution in [3.63, 3.8) is 0 Å². The van der Waals surface area contributed by atoms with E-state index in [1.807, 2.05) is 12.1 Å². The number of hydrogen-bond acceptors (Lipinski definition) is 4. The summed E-state index contributed by atoms with van der Waals surface area (Å²) in [6.07, 6.45) is 1.17. The number of aromatic nitrogens is 1. The first-order chi connectivity index (χ1) is 13.4. The Labute approximate surface area is 188 Å². The second kappa shape index (κ2) is 9.93. The van der Waals surface area contributed by atoms with Crippen molar-refractivity contribution in [1.29, 1.82) is 0 Å². The topological polar surface area (TPSA) is 50.2 Å². The summed E-state index contributed by atoms with van der Waals surface area (Å²) in [5.41, 5.74) is 5.67. The van der Waals surface area contributed by atoms with Gasteiger partial charge in [0.05, 0.1) is 11.3 Å². The normalized spacial score (nSPS) is 11.0. The van der Waals surface area contributed by atoms with Gasteiger partial charge in [0, 0.05) is 42.0 Å². The Kier molecular flexibility index (Phi) is 7.86. The zero-order valence-electron chi connectivity index (χ0n) is 16.7. The molecule has 0 aliphatic heterocycles. The number of benzene rings is 2. The second-order valence-corrected chi connectivity index (χ2v) is 7.69.